The average molecular weight is 418 g/mol. The molecule has 8 heteroatoms. The van der Waals surface area contributed by atoms with Gasteiger partial charge in [-0.3, -0.25) is 4.79 Å². The van der Waals surface area contributed by atoms with Crippen molar-refractivity contribution in [2.75, 3.05) is 5.32 Å². The maximum Gasteiger partial charge on any atom is 0.366 e. The summed E-state index contributed by atoms with van der Waals surface area (Å²) < 4.78 is 7.01. The van der Waals surface area contributed by atoms with E-state index in [-0.39, 0.29) is 11.6 Å². The van der Waals surface area contributed by atoms with E-state index in [2.05, 4.69) is 15.6 Å². The number of aryl methyl sites for hydroxylation is 1. The van der Waals surface area contributed by atoms with Gasteiger partial charge in [0, 0.05) is 5.69 Å². The lowest BCUT2D eigenvalue weighted by Crippen LogP contribution is -2.12. The molecule has 30 heavy (non-hydrogen) atoms. The summed E-state index contributed by atoms with van der Waals surface area (Å²) >= 11 is 1.37. The van der Waals surface area contributed by atoms with Crippen molar-refractivity contribution in [3.8, 4) is 11.4 Å². The van der Waals surface area contributed by atoms with Crippen LogP contribution in [-0.4, -0.2) is 26.9 Å². The molecule has 0 saturated carbocycles. The lowest BCUT2D eigenvalue weighted by atomic mass is 10.2. The molecule has 0 aliphatic rings. The molecular weight excluding hydrogens is 400 g/mol. The van der Waals surface area contributed by atoms with Crippen LogP contribution in [0, 0.1) is 13.8 Å². The number of ether oxygens (including phenoxy) is 1. The van der Waals surface area contributed by atoms with Gasteiger partial charge in [-0.2, -0.15) is 0 Å². The zero-order valence-electron chi connectivity index (χ0n) is 16.3. The molecule has 1 N–H and O–H groups in total. The Balaban J connectivity index is 1.44. The Hall–Kier alpha value is -3.78. The zero-order chi connectivity index (χ0) is 21.1. The van der Waals surface area contributed by atoms with Gasteiger partial charge in [-0.05, 0) is 61.7 Å². The molecular formula is C22H18N4O3S. The Labute approximate surface area is 176 Å². The molecule has 150 valence electrons. The maximum absolute atomic E-state index is 12.5. The van der Waals surface area contributed by atoms with Crippen molar-refractivity contribution in [3.63, 3.8) is 0 Å². The number of hydrogen-bond acceptors (Lipinski definition) is 6. The van der Waals surface area contributed by atoms with E-state index >= 15 is 0 Å². The number of esters is 1. The Morgan fingerprint density at radius 2 is 1.73 bits per heavy atom. The van der Waals surface area contributed by atoms with Gasteiger partial charge in [0.25, 0.3) is 5.91 Å². The number of anilines is 1. The molecule has 0 spiro atoms. The fourth-order valence-corrected chi connectivity index (χ4v) is 3.43. The minimum absolute atomic E-state index is 0.144. The highest BCUT2D eigenvalue weighted by molar-refractivity contribution is 7.12. The van der Waals surface area contributed by atoms with E-state index in [0.29, 0.717) is 22.0 Å². The Morgan fingerprint density at radius 3 is 2.40 bits per heavy atom. The molecule has 4 aromatic rings. The van der Waals surface area contributed by atoms with Crippen LogP contribution in [0.4, 0.5) is 5.69 Å². The van der Waals surface area contributed by atoms with Gasteiger partial charge in [-0.1, -0.05) is 29.0 Å². The first-order valence-electron chi connectivity index (χ1n) is 9.18. The van der Waals surface area contributed by atoms with Crippen molar-refractivity contribution in [2.45, 2.75) is 13.8 Å². The second kappa shape index (κ2) is 8.30. The van der Waals surface area contributed by atoms with E-state index in [1.807, 2.05) is 42.6 Å². The number of aromatic nitrogens is 3. The van der Waals surface area contributed by atoms with Gasteiger partial charge in [0.1, 0.15) is 5.75 Å². The fraction of sp³-hybridized carbons (Fsp3) is 0.0909. The number of thiophene rings is 1. The van der Waals surface area contributed by atoms with Crippen molar-refractivity contribution < 1.29 is 14.3 Å². The average Bonchev–Trinajstić information content (AvgIpc) is 3.40. The molecule has 0 bridgehead atoms. The molecule has 1 amide bonds. The third-order valence-electron chi connectivity index (χ3n) is 4.43. The van der Waals surface area contributed by atoms with Crippen molar-refractivity contribution in [1.82, 2.24) is 15.0 Å². The fourth-order valence-electron chi connectivity index (χ4n) is 2.81. The summed E-state index contributed by atoms with van der Waals surface area (Å²) in [5.41, 5.74) is 3.28. The minimum Gasteiger partial charge on any atom is -0.422 e. The number of nitrogens with one attached hydrogen (secondary N) is 1. The molecule has 0 aliphatic carbocycles. The molecule has 0 unspecified atom stereocenters. The number of benzene rings is 2. The molecule has 2 heterocycles. The number of nitrogens with zero attached hydrogens (tertiary/aromatic N) is 3. The zero-order valence-corrected chi connectivity index (χ0v) is 17.1. The van der Waals surface area contributed by atoms with Crippen LogP contribution in [0.25, 0.3) is 5.69 Å². The van der Waals surface area contributed by atoms with E-state index in [4.69, 9.17) is 4.74 Å². The summed E-state index contributed by atoms with van der Waals surface area (Å²) in [7, 11) is 0. The molecule has 0 radical (unpaired) electrons. The van der Waals surface area contributed by atoms with Crippen LogP contribution < -0.4 is 10.1 Å². The van der Waals surface area contributed by atoms with Crippen molar-refractivity contribution in [3.05, 3.63) is 87.9 Å². The van der Waals surface area contributed by atoms with Crippen molar-refractivity contribution in [1.29, 1.82) is 0 Å². The molecule has 0 fully saturated rings. The summed E-state index contributed by atoms with van der Waals surface area (Å²) in [6, 6.07) is 17.9. The number of amides is 1. The summed E-state index contributed by atoms with van der Waals surface area (Å²) in [6.07, 6.45) is 0. The van der Waals surface area contributed by atoms with Crippen LogP contribution in [0.3, 0.4) is 0 Å². The number of hydrogen-bond donors (Lipinski definition) is 1. The van der Waals surface area contributed by atoms with E-state index in [1.54, 1.807) is 41.9 Å². The van der Waals surface area contributed by atoms with Crippen LogP contribution in [-0.2, 0) is 0 Å². The third kappa shape index (κ3) is 4.13. The molecule has 4 rings (SSSR count). The van der Waals surface area contributed by atoms with Crippen LogP contribution >= 0.6 is 11.3 Å². The third-order valence-corrected chi connectivity index (χ3v) is 5.30. The highest BCUT2D eigenvalue weighted by atomic mass is 32.1. The first kappa shape index (κ1) is 19.5. The molecule has 0 atom stereocenters. The molecule has 2 aromatic heterocycles. The summed E-state index contributed by atoms with van der Waals surface area (Å²) in [6.45, 7) is 3.76. The summed E-state index contributed by atoms with van der Waals surface area (Å²) in [5, 5.41) is 12.7. The predicted octanol–water partition coefficient (Wildman–Crippen LogP) is 4.42. The quantitative estimate of drug-likeness (QED) is 0.383. The lowest BCUT2D eigenvalue weighted by Gasteiger charge is -2.07. The second-order valence-corrected chi connectivity index (χ2v) is 7.56. The SMILES string of the molecule is Cc1ccc(-n2nnc(C(=O)Oc3ccc(NC(=O)c4cccs4)cc3)c2C)cc1. The summed E-state index contributed by atoms with van der Waals surface area (Å²) in [4.78, 5) is 25.3. The van der Waals surface area contributed by atoms with Crippen LogP contribution in [0.15, 0.2) is 66.0 Å². The van der Waals surface area contributed by atoms with E-state index < -0.39 is 5.97 Å². The van der Waals surface area contributed by atoms with Gasteiger partial charge in [-0.15, -0.1) is 16.4 Å². The molecule has 7 nitrogen and oxygen atoms in total. The monoisotopic (exact) mass is 418 g/mol. The largest absolute Gasteiger partial charge is 0.422 e. The van der Waals surface area contributed by atoms with Crippen molar-refractivity contribution in [2.24, 2.45) is 0 Å². The number of carbonyl (C=O) groups is 2. The van der Waals surface area contributed by atoms with Gasteiger partial charge in [0.05, 0.1) is 16.3 Å². The molecule has 0 saturated heterocycles. The number of rotatable bonds is 5. The standard InChI is InChI=1S/C22H18N4O3S/c1-14-5-9-17(10-6-14)26-15(2)20(24-25-26)22(28)29-18-11-7-16(8-12-18)23-21(27)19-4-3-13-30-19/h3-13H,1-2H3,(H,23,27). The number of carbonyl (C=O) groups excluding carboxylic acids is 2. The Kier molecular flexibility index (Phi) is 5.40. The normalized spacial score (nSPS) is 10.6. The van der Waals surface area contributed by atoms with Crippen LogP contribution in [0.5, 0.6) is 5.75 Å². The van der Waals surface area contributed by atoms with E-state index in [0.717, 1.165) is 11.3 Å². The smallest absolute Gasteiger partial charge is 0.366 e. The first-order valence-corrected chi connectivity index (χ1v) is 10.1. The lowest BCUT2D eigenvalue weighted by molar-refractivity contribution is 0.0727. The molecule has 0 aliphatic heterocycles. The Morgan fingerprint density at radius 1 is 1.00 bits per heavy atom. The van der Waals surface area contributed by atoms with Gasteiger partial charge in [0.2, 0.25) is 0 Å². The van der Waals surface area contributed by atoms with Gasteiger partial charge < -0.3 is 10.1 Å². The molecule has 2 aromatic carbocycles. The summed E-state index contributed by atoms with van der Waals surface area (Å²) in [5.74, 6) is -0.433. The predicted molar refractivity (Wildman–Crippen MR) is 115 cm³/mol. The van der Waals surface area contributed by atoms with Crippen LogP contribution in [0.2, 0.25) is 0 Å². The maximum atomic E-state index is 12.5. The highest BCUT2D eigenvalue weighted by Gasteiger charge is 2.19. The van der Waals surface area contributed by atoms with E-state index in [9.17, 15) is 9.59 Å². The van der Waals surface area contributed by atoms with Crippen LogP contribution in [0.1, 0.15) is 31.4 Å². The van der Waals surface area contributed by atoms with Gasteiger partial charge >= 0.3 is 5.97 Å². The first-order chi connectivity index (χ1) is 14.5. The van der Waals surface area contributed by atoms with E-state index in [1.165, 1.54) is 11.3 Å². The second-order valence-electron chi connectivity index (χ2n) is 6.62. The Bertz CT molecular complexity index is 1180. The topological polar surface area (TPSA) is 86.1 Å². The van der Waals surface area contributed by atoms with Gasteiger partial charge in [-0.25, -0.2) is 9.48 Å². The van der Waals surface area contributed by atoms with Gasteiger partial charge in [0.15, 0.2) is 5.69 Å². The highest BCUT2D eigenvalue weighted by Crippen LogP contribution is 2.20. The van der Waals surface area contributed by atoms with Crippen molar-refractivity contribution >= 4 is 28.9 Å². The minimum atomic E-state index is -0.596.